The van der Waals surface area contributed by atoms with Gasteiger partial charge in [0.1, 0.15) is 0 Å². The second-order valence-electron chi connectivity index (χ2n) is 3.66. The smallest absolute Gasteiger partial charge is 0.306 e. The maximum absolute atomic E-state index is 13.6. The Morgan fingerprint density at radius 1 is 1.65 bits per heavy atom. The molecule has 94 valence electrons. The van der Waals surface area contributed by atoms with E-state index in [4.69, 9.17) is 9.84 Å². The Bertz CT molecular complexity index is 448. The molecule has 0 heterocycles. The molecule has 0 radical (unpaired) electrons. The van der Waals surface area contributed by atoms with E-state index >= 15 is 0 Å². The first kappa shape index (κ1) is 13.8. The number of hydrogen-bond acceptors (Lipinski definition) is 3. The zero-order chi connectivity index (χ0) is 13.2. The average Bonchev–Trinajstić information content (AvgIpc) is 2.26. The molecule has 17 heavy (non-hydrogen) atoms. The molecule has 0 amide bonds. The molecular weight excluding hydrogens is 295 g/mol. The number of aliphatic carboxylic acids is 1. The normalized spacial score (nSPS) is 12.2. The predicted molar refractivity (Wildman–Crippen MR) is 62.8 cm³/mol. The quantitative estimate of drug-likeness (QED) is 0.897. The van der Waals surface area contributed by atoms with E-state index in [1.54, 1.807) is 0 Å². The van der Waals surface area contributed by atoms with E-state index in [1.807, 2.05) is 0 Å². The summed E-state index contributed by atoms with van der Waals surface area (Å²) in [5.74, 6) is -3.28. The van der Waals surface area contributed by atoms with Crippen molar-refractivity contribution in [3.05, 3.63) is 21.9 Å². The molecule has 0 fully saturated rings. The van der Waals surface area contributed by atoms with Crippen LogP contribution in [0.15, 0.2) is 10.5 Å². The zero-order valence-corrected chi connectivity index (χ0v) is 10.9. The highest BCUT2D eigenvalue weighted by Gasteiger charge is 2.20. The van der Waals surface area contributed by atoms with Crippen LogP contribution in [0.1, 0.15) is 12.5 Å². The number of rotatable bonds is 4. The van der Waals surface area contributed by atoms with Crippen LogP contribution in [-0.2, 0) is 11.2 Å². The van der Waals surface area contributed by atoms with E-state index in [2.05, 4.69) is 15.9 Å². The van der Waals surface area contributed by atoms with Gasteiger partial charge in [-0.1, -0.05) is 6.92 Å². The molecule has 6 heteroatoms. The Hall–Kier alpha value is -1.30. The highest BCUT2D eigenvalue weighted by molar-refractivity contribution is 9.10. The van der Waals surface area contributed by atoms with Crippen molar-refractivity contribution in [1.29, 1.82) is 0 Å². The number of carbonyl (C=O) groups is 1. The fourth-order valence-electron chi connectivity index (χ4n) is 1.40. The van der Waals surface area contributed by atoms with Gasteiger partial charge >= 0.3 is 5.97 Å². The van der Waals surface area contributed by atoms with E-state index < -0.39 is 23.5 Å². The number of carboxylic acids is 1. The van der Waals surface area contributed by atoms with Crippen molar-refractivity contribution in [1.82, 2.24) is 0 Å². The largest absolute Gasteiger partial charge is 0.505 e. The molecule has 1 rings (SSSR count). The summed E-state index contributed by atoms with van der Waals surface area (Å²) in [6.07, 6.45) is 0.0423. The summed E-state index contributed by atoms with van der Waals surface area (Å²) in [6.45, 7) is 1.48. The summed E-state index contributed by atoms with van der Waals surface area (Å²) >= 11 is 3.10. The van der Waals surface area contributed by atoms with E-state index in [1.165, 1.54) is 20.1 Å². The van der Waals surface area contributed by atoms with Crippen molar-refractivity contribution in [3.8, 4) is 11.5 Å². The molecule has 0 aromatic heterocycles. The maximum atomic E-state index is 13.6. The van der Waals surface area contributed by atoms with Crippen LogP contribution in [0.3, 0.4) is 0 Å². The number of phenols is 1. The van der Waals surface area contributed by atoms with E-state index in [0.29, 0.717) is 4.47 Å². The molecular formula is C11H12BrFO4. The van der Waals surface area contributed by atoms with Crippen molar-refractivity contribution in [2.75, 3.05) is 7.11 Å². The third-order valence-corrected chi connectivity index (χ3v) is 2.97. The minimum absolute atomic E-state index is 0.0423. The lowest BCUT2D eigenvalue weighted by atomic mass is 10.00. The number of aromatic hydroxyl groups is 1. The summed E-state index contributed by atoms with van der Waals surface area (Å²) in [6, 6.07) is 1.46. The molecule has 1 unspecified atom stereocenters. The number of phenolic OH excluding ortho intramolecular Hbond substituents is 1. The maximum Gasteiger partial charge on any atom is 0.306 e. The lowest BCUT2D eigenvalue weighted by Gasteiger charge is -2.12. The van der Waals surface area contributed by atoms with Gasteiger partial charge in [-0.3, -0.25) is 4.79 Å². The van der Waals surface area contributed by atoms with Crippen molar-refractivity contribution in [3.63, 3.8) is 0 Å². The van der Waals surface area contributed by atoms with Crippen molar-refractivity contribution in [2.24, 2.45) is 5.92 Å². The molecule has 0 saturated heterocycles. The zero-order valence-electron chi connectivity index (χ0n) is 9.33. The van der Waals surface area contributed by atoms with Gasteiger partial charge in [-0.15, -0.1) is 0 Å². The van der Waals surface area contributed by atoms with Gasteiger partial charge in [-0.2, -0.15) is 4.39 Å². The summed E-state index contributed by atoms with van der Waals surface area (Å²) in [5, 5.41) is 18.4. The van der Waals surface area contributed by atoms with Gasteiger partial charge in [0.2, 0.25) is 5.82 Å². The monoisotopic (exact) mass is 306 g/mol. The van der Waals surface area contributed by atoms with Crippen LogP contribution >= 0.6 is 15.9 Å². The highest BCUT2D eigenvalue weighted by Crippen LogP contribution is 2.37. The number of hydrogen-bond donors (Lipinski definition) is 2. The standard InChI is InChI=1S/C11H12BrFO4/c1-5(11(15)16)3-6-4-7(12)10(17-2)8(13)9(6)14/h4-5,14H,3H2,1-2H3,(H,15,16). The Morgan fingerprint density at radius 3 is 2.71 bits per heavy atom. The van der Waals surface area contributed by atoms with Gasteiger partial charge in [0.15, 0.2) is 11.5 Å². The van der Waals surface area contributed by atoms with E-state index in [9.17, 15) is 14.3 Å². The number of carboxylic acid groups (broad SMARTS) is 1. The summed E-state index contributed by atoms with van der Waals surface area (Å²) in [5.41, 5.74) is 0.227. The molecule has 4 nitrogen and oxygen atoms in total. The van der Waals surface area contributed by atoms with Crippen LogP contribution in [-0.4, -0.2) is 23.3 Å². The van der Waals surface area contributed by atoms with Gasteiger partial charge in [0, 0.05) is 0 Å². The van der Waals surface area contributed by atoms with Gasteiger partial charge in [0.05, 0.1) is 17.5 Å². The molecule has 1 aromatic rings. The first-order valence-electron chi connectivity index (χ1n) is 4.85. The van der Waals surface area contributed by atoms with Crippen LogP contribution in [0.25, 0.3) is 0 Å². The van der Waals surface area contributed by atoms with Crippen LogP contribution < -0.4 is 4.74 Å². The fourth-order valence-corrected chi connectivity index (χ4v) is 2.01. The number of halogens is 2. The van der Waals surface area contributed by atoms with Crippen LogP contribution in [0.2, 0.25) is 0 Å². The van der Waals surface area contributed by atoms with Crippen LogP contribution in [0.4, 0.5) is 4.39 Å². The van der Waals surface area contributed by atoms with Gasteiger partial charge < -0.3 is 14.9 Å². The number of methoxy groups -OCH3 is 1. The van der Waals surface area contributed by atoms with Gasteiger partial charge in [-0.05, 0) is 34.0 Å². The minimum Gasteiger partial charge on any atom is -0.505 e. The third kappa shape index (κ3) is 2.88. The summed E-state index contributed by atoms with van der Waals surface area (Å²) < 4.78 is 18.7. The van der Waals surface area contributed by atoms with Gasteiger partial charge in [-0.25, -0.2) is 0 Å². The molecule has 0 aliphatic heterocycles. The number of benzene rings is 1. The highest BCUT2D eigenvalue weighted by atomic mass is 79.9. The van der Waals surface area contributed by atoms with E-state index in [0.717, 1.165) is 0 Å². The molecule has 1 aromatic carbocycles. The Kier molecular flexibility index (Phi) is 4.34. The fraction of sp³-hybridized carbons (Fsp3) is 0.364. The first-order chi connectivity index (χ1) is 7.88. The Balaban J connectivity index is 3.15. The van der Waals surface area contributed by atoms with Crippen molar-refractivity contribution in [2.45, 2.75) is 13.3 Å². The van der Waals surface area contributed by atoms with Crippen molar-refractivity contribution >= 4 is 21.9 Å². The molecule has 0 aliphatic rings. The lowest BCUT2D eigenvalue weighted by Crippen LogP contribution is -2.12. The van der Waals surface area contributed by atoms with Crippen LogP contribution in [0, 0.1) is 11.7 Å². The predicted octanol–water partition coefficient (Wildman–Crippen LogP) is 2.57. The van der Waals surface area contributed by atoms with Gasteiger partial charge in [0.25, 0.3) is 0 Å². The summed E-state index contributed by atoms with van der Waals surface area (Å²) in [7, 11) is 1.28. The topological polar surface area (TPSA) is 66.8 Å². The second-order valence-corrected chi connectivity index (χ2v) is 4.51. The molecule has 2 N–H and O–H groups in total. The molecule has 0 bridgehead atoms. The number of ether oxygens (including phenoxy) is 1. The Labute approximate surface area is 106 Å². The molecule has 0 saturated carbocycles. The molecule has 0 aliphatic carbocycles. The molecule has 0 spiro atoms. The molecule has 1 atom stereocenters. The van der Waals surface area contributed by atoms with Crippen LogP contribution in [0.5, 0.6) is 11.5 Å². The SMILES string of the molecule is COc1c(Br)cc(CC(C)C(=O)O)c(O)c1F. The summed E-state index contributed by atoms with van der Waals surface area (Å²) in [4.78, 5) is 10.7. The average molecular weight is 307 g/mol. The lowest BCUT2D eigenvalue weighted by molar-refractivity contribution is -0.141. The van der Waals surface area contributed by atoms with Crippen molar-refractivity contribution < 1.29 is 24.1 Å². The van der Waals surface area contributed by atoms with E-state index in [-0.39, 0.29) is 17.7 Å². The second kappa shape index (κ2) is 5.35. The first-order valence-corrected chi connectivity index (χ1v) is 5.64. The third-order valence-electron chi connectivity index (χ3n) is 2.38. The Morgan fingerprint density at radius 2 is 2.24 bits per heavy atom. The minimum atomic E-state index is -1.00.